The van der Waals surface area contributed by atoms with Gasteiger partial charge in [-0.1, -0.05) is 0 Å². The predicted molar refractivity (Wildman–Crippen MR) is 154 cm³/mol. The van der Waals surface area contributed by atoms with Crippen LogP contribution in [-0.2, 0) is 17.4 Å². The molecular formula is C30H60O5Sn. The van der Waals surface area contributed by atoms with Crippen molar-refractivity contribution in [2.24, 2.45) is 0 Å². The molecule has 0 aromatic carbocycles. The van der Waals surface area contributed by atoms with Gasteiger partial charge in [0.25, 0.3) is 0 Å². The summed E-state index contributed by atoms with van der Waals surface area (Å²) in [6, 6.07) is 0. The topological polar surface area (TPSA) is 72.8 Å². The Labute approximate surface area is 228 Å². The van der Waals surface area contributed by atoms with E-state index in [0.29, 0.717) is 0 Å². The fourth-order valence-corrected chi connectivity index (χ4v) is 17.3. The van der Waals surface area contributed by atoms with Gasteiger partial charge in [0.05, 0.1) is 0 Å². The van der Waals surface area contributed by atoms with Crippen molar-refractivity contribution in [2.45, 2.75) is 169 Å². The molecule has 36 heavy (non-hydrogen) atoms. The van der Waals surface area contributed by atoms with E-state index in [4.69, 9.17) is 7.81 Å². The van der Waals surface area contributed by atoms with E-state index in [0.717, 1.165) is 32.6 Å². The number of aliphatic hydroxyl groups excluding tert-OH is 1. The van der Waals surface area contributed by atoms with Crippen LogP contribution in [0.5, 0.6) is 0 Å². The molecule has 0 aromatic rings. The molecule has 0 amide bonds. The van der Waals surface area contributed by atoms with Gasteiger partial charge < -0.3 is 0 Å². The summed E-state index contributed by atoms with van der Waals surface area (Å²) in [5.74, 6) is -1.10. The van der Waals surface area contributed by atoms with Crippen molar-refractivity contribution in [3.8, 4) is 0 Å². The number of rotatable bonds is 26. The minimum atomic E-state index is -3.23. The number of hydrogen-bond donors (Lipinski definition) is 1. The molecule has 0 heterocycles. The van der Waals surface area contributed by atoms with Gasteiger partial charge in [-0.15, -0.1) is 0 Å². The molecular weight excluding hydrogens is 559 g/mol. The second kappa shape index (κ2) is 25.0. The van der Waals surface area contributed by atoms with Crippen LogP contribution in [0, 0.1) is 0 Å². The minimum absolute atomic E-state index is 0.197. The molecule has 0 aliphatic heterocycles. The number of esters is 1. The summed E-state index contributed by atoms with van der Waals surface area (Å²) < 4.78 is 14.6. The average molecular weight is 620 g/mol. The van der Waals surface area contributed by atoms with Crippen LogP contribution in [0.2, 0.25) is 13.3 Å². The molecule has 0 saturated heterocycles. The molecule has 0 aliphatic carbocycles. The molecule has 0 fully saturated rings. The number of ether oxygens (including phenoxy) is 1. The maximum atomic E-state index is 13.0. The van der Waals surface area contributed by atoms with Gasteiger partial charge in [0.2, 0.25) is 0 Å². The van der Waals surface area contributed by atoms with Gasteiger partial charge in [0.1, 0.15) is 0 Å². The fourth-order valence-electron chi connectivity index (χ4n) is 4.97. The van der Waals surface area contributed by atoms with E-state index in [1.54, 1.807) is 6.92 Å². The van der Waals surface area contributed by atoms with Crippen molar-refractivity contribution in [3.63, 3.8) is 0 Å². The van der Waals surface area contributed by atoms with Gasteiger partial charge in [0, 0.05) is 0 Å². The van der Waals surface area contributed by atoms with Crippen LogP contribution in [0.25, 0.3) is 0 Å². The zero-order chi connectivity index (χ0) is 26.9. The molecule has 0 bridgehead atoms. The first-order valence-corrected chi connectivity index (χ1v) is 22.7. The van der Waals surface area contributed by atoms with Gasteiger partial charge >= 0.3 is 229 Å². The van der Waals surface area contributed by atoms with E-state index < -0.39 is 30.9 Å². The summed E-state index contributed by atoms with van der Waals surface area (Å²) in [6.45, 7) is 8.63. The van der Waals surface area contributed by atoms with Crippen molar-refractivity contribution < 1.29 is 22.5 Å². The van der Waals surface area contributed by atoms with Gasteiger partial charge in [-0.25, -0.2) is 0 Å². The Hall–Kier alpha value is -0.301. The molecule has 0 saturated carbocycles. The summed E-state index contributed by atoms with van der Waals surface area (Å²) in [5.41, 5.74) is 0. The van der Waals surface area contributed by atoms with Crippen molar-refractivity contribution in [1.82, 2.24) is 0 Å². The molecule has 0 aromatic heterocycles. The summed E-state index contributed by atoms with van der Waals surface area (Å²) >= 11 is -3.23. The molecule has 1 unspecified atom stereocenters. The van der Waals surface area contributed by atoms with Crippen LogP contribution in [-0.4, -0.2) is 48.5 Å². The van der Waals surface area contributed by atoms with Gasteiger partial charge in [-0.05, 0) is 0 Å². The average Bonchev–Trinajstić information content (AvgIpc) is 2.85. The van der Waals surface area contributed by atoms with Crippen molar-refractivity contribution >= 4 is 30.7 Å². The van der Waals surface area contributed by atoms with Crippen LogP contribution in [0.3, 0.4) is 0 Å². The Bertz CT molecular complexity index is 485. The molecule has 0 spiro atoms. The molecule has 6 heteroatoms. The third-order valence-electron chi connectivity index (χ3n) is 7.21. The summed E-state index contributed by atoms with van der Waals surface area (Å²) in [4.78, 5) is 24.8. The fraction of sp³-hybridized carbons (Fsp3) is 0.933. The van der Waals surface area contributed by atoms with Crippen molar-refractivity contribution in [1.29, 1.82) is 0 Å². The third-order valence-corrected chi connectivity index (χ3v) is 19.9. The van der Waals surface area contributed by atoms with Crippen molar-refractivity contribution in [2.75, 3.05) is 6.61 Å². The van der Waals surface area contributed by atoms with E-state index in [2.05, 4.69) is 20.8 Å². The van der Waals surface area contributed by atoms with E-state index in [1.807, 2.05) is 0 Å². The second-order valence-corrected chi connectivity index (χ2v) is 22.3. The number of hydrogen-bond acceptors (Lipinski definition) is 5. The Morgan fingerprint density at radius 2 is 0.972 bits per heavy atom. The van der Waals surface area contributed by atoms with E-state index in [-0.39, 0.29) is 19.0 Å². The predicted octanol–water partition coefficient (Wildman–Crippen LogP) is 8.87. The molecule has 0 rings (SSSR count). The summed E-state index contributed by atoms with van der Waals surface area (Å²) in [6.07, 6.45) is 20.7. The van der Waals surface area contributed by atoms with Gasteiger partial charge in [-0.2, -0.15) is 0 Å². The second-order valence-electron chi connectivity index (χ2n) is 10.7. The molecule has 1 atom stereocenters. The first-order valence-electron chi connectivity index (χ1n) is 15.5. The number of aliphatic hydroxyl groups is 1. The standard InChI is InChI=1S/3C8H17.C6H10O5.Sn/c3*1-3-5-7-8-6-4-2;1-2-11-6(10)4(7)3-5(8)9;/h3*1,3-8H2,2H3;4,7H,2-3H2,1H3,(H,8,9);/q;;;;+1/p-1. The SMILES string of the molecule is CCCCCCC[CH2][Sn]([CH2]CCCCCCC)([CH2]CCCCCCC)[O]C(=O)CC(O)C(=O)OCC. The quantitative estimate of drug-likeness (QED) is 0.0595. The third kappa shape index (κ3) is 19.8. The Morgan fingerprint density at radius 3 is 1.33 bits per heavy atom. The number of carbonyl (C=O) groups is 2. The van der Waals surface area contributed by atoms with Crippen LogP contribution in [0.15, 0.2) is 0 Å². The first kappa shape index (κ1) is 35.7. The Balaban J connectivity index is 5.21. The summed E-state index contributed by atoms with van der Waals surface area (Å²) in [7, 11) is 0. The van der Waals surface area contributed by atoms with Crippen molar-refractivity contribution in [3.05, 3.63) is 0 Å². The molecule has 214 valence electrons. The Kier molecular flexibility index (Phi) is 24.8. The van der Waals surface area contributed by atoms with Gasteiger partial charge in [0.15, 0.2) is 0 Å². The zero-order valence-corrected chi connectivity index (χ0v) is 27.3. The molecule has 5 nitrogen and oxygen atoms in total. The number of carbonyl (C=O) groups excluding carboxylic acids is 2. The molecule has 1 N–H and O–H groups in total. The maximum absolute atomic E-state index is 13.0. The van der Waals surface area contributed by atoms with Crippen LogP contribution in [0.1, 0.15) is 150 Å². The van der Waals surface area contributed by atoms with E-state index in [1.165, 1.54) is 96.3 Å². The zero-order valence-electron chi connectivity index (χ0n) is 24.4. The van der Waals surface area contributed by atoms with E-state index >= 15 is 0 Å². The van der Waals surface area contributed by atoms with Crippen LogP contribution >= 0.6 is 0 Å². The summed E-state index contributed by atoms with van der Waals surface area (Å²) in [5, 5.41) is 10.2. The monoisotopic (exact) mass is 620 g/mol. The normalized spacial score (nSPS) is 12.5. The van der Waals surface area contributed by atoms with E-state index in [9.17, 15) is 14.7 Å². The van der Waals surface area contributed by atoms with Crippen LogP contribution < -0.4 is 0 Å². The van der Waals surface area contributed by atoms with Gasteiger partial charge in [-0.3, -0.25) is 0 Å². The Morgan fingerprint density at radius 1 is 0.611 bits per heavy atom. The molecule has 0 radical (unpaired) electrons. The first-order chi connectivity index (χ1) is 17.4. The number of unbranched alkanes of at least 4 members (excludes halogenated alkanes) is 15. The van der Waals surface area contributed by atoms with Crippen LogP contribution in [0.4, 0.5) is 0 Å². The molecule has 0 aliphatic rings.